The van der Waals surface area contributed by atoms with E-state index in [0.717, 1.165) is 11.1 Å². The second kappa shape index (κ2) is 7.60. The van der Waals surface area contributed by atoms with Crippen LogP contribution in [0.15, 0.2) is 64.2 Å². The molecule has 4 rings (SSSR count). The zero-order chi connectivity index (χ0) is 20.5. The van der Waals surface area contributed by atoms with Crippen LogP contribution in [-0.2, 0) is 27.2 Å². The van der Waals surface area contributed by atoms with Gasteiger partial charge >= 0.3 is 5.69 Å². The topological polar surface area (TPSA) is 71.1 Å². The van der Waals surface area contributed by atoms with Crippen LogP contribution in [-0.4, -0.2) is 18.7 Å². The lowest BCUT2D eigenvalue weighted by molar-refractivity contribution is 0.273. The Kier molecular flexibility index (Phi) is 4.98. The minimum absolute atomic E-state index is 0.143. The number of aryl methyl sites for hydroxylation is 2. The van der Waals surface area contributed by atoms with Gasteiger partial charge < -0.3 is 4.74 Å². The largest absolute Gasteiger partial charge is 0.460 e. The Morgan fingerprint density at radius 1 is 0.931 bits per heavy atom. The van der Waals surface area contributed by atoms with Gasteiger partial charge in [-0.15, -0.1) is 0 Å². The van der Waals surface area contributed by atoms with Crippen LogP contribution in [0.2, 0.25) is 5.02 Å². The molecule has 0 saturated heterocycles. The molecule has 2 heterocycles. The molecular formula is C21H19ClN4O3. The second-order valence-electron chi connectivity index (χ2n) is 6.76. The molecule has 0 aliphatic heterocycles. The van der Waals surface area contributed by atoms with E-state index in [0.29, 0.717) is 17.1 Å². The lowest BCUT2D eigenvalue weighted by Crippen LogP contribution is -2.39. The number of halogens is 1. The van der Waals surface area contributed by atoms with E-state index in [9.17, 15) is 9.59 Å². The molecule has 0 spiro atoms. The number of nitrogens with zero attached hydrogens (tertiary/aromatic N) is 4. The molecule has 0 amide bonds. The molecule has 148 valence electrons. The summed E-state index contributed by atoms with van der Waals surface area (Å²) >= 11 is 5.92. The highest BCUT2D eigenvalue weighted by Gasteiger charge is 2.19. The van der Waals surface area contributed by atoms with Gasteiger partial charge in [-0.25, -0.2) is 4.79 Å². The summed E-state index contributed by atoms with van der Waals surface area (Å²) in [6.45, 7) is 0.453. The van der Waals surface area contributed by atoms with Gasteiger partial charge in [0.2, 0.25) is 0 Å². The SMILES string of the molecule is Cn1c(OCc2ccccc2)nc2c1c(=O)n(Cc1ccc(Cl)cc1)c(=O)n2C. The first-order valence-corrected chi connectivity index (χ1v) is 9.41. The average molecular weight is 411 g/mol. The minimum Gasteiger partial charge on any atom is -0.460 e. The van der Waals surface area contributed by atoms with Crippen LogP contribution in [0, 0.1) is 0 Å². The Morgan fingerprint density at radius 2 is 1.62 bits per heavy atom. The van der Waals surface area contributed by atoms with Crippen LogP contribution >= 0.6 is 11.6 Å². The molecule has 0 fully saturated rings. The quantitative estimate of drug-likeness (QED) is 0.507. The van der Waals surface area contributed by atoms with Crippen LogP contribution in [0.25, 0.3) is 11.2 Å². The van der Waals surface area contributed by atoms with Gasteiger partial charge in [0.1, 0.15) is 6.61 Å². The molecule has 0 bridgehead atoms. The summed E-state index contributed by atoms with van der Waals surface area (Å²) in [5.41, 5.74) is 1.53. The van der Waals surface area contributed by atoms with Gasteiger partial charge in [0.25, 0.3) is 11.6 Å². The fourth-order valence-corrected chi connectivity index (χ4v) is 3.31. The summed E-state index contributed by atoms with van der Waals surface area (Å²) in [6, 6.07) is 17.0. The fraction of sp³-hybridized carbons (Fsp3) is 0.190. The molecule has 29 heavy (non-hydrogen) atoms. The summed E-state index contributed by atoms with van der Waals surface area (Å²) in [4.78, 5) is 30.3. The van der Waals surface area contributed by atoms with Gasteiger partial charge in [0, 0.05) is 19.1 Å². The van der Waals surface area contributed by atoms with Gasteiger partial charge in [-0.05, 0) is 23.3 Å². The van der Waals surface area contributed by atoms with Crippen molar-refractivity contribution in [2.45, 2.75) is 13.2 Å². The van der Waals surface area contributed by atoms with E-state index in [1.807, 2.05) is 30.3 Å². The van der Waals surface area contributed by atoms with E-state index in [2.05, 4.69) is 4.98 Å². The van der Waals surface area contributed by atoms with Crippen LogP contribution < -0.4 is 16.0 Å². The van der Waals surface area contributed by atoms with E-state index in [1.54, 1.807) is 42.9 Å². The van der Waals surface area contributed by atoms with Crippen molar-refractivity contribution >= 4 is 22.8 Å². The third kappa shape index (κ3) is 3.56. The second-order valence-corrected chi connectivity index (χ2v) is 7.20. The van der Waals surface area contributed by atoms with Gasteiger partial charge in [-0.3, -0.25) is 18.5 Å². The first kappa shape index (κ1) is 19.0. The smallest absolute Gasteiger partial charge is 0.332 e. The molecule has 4 aromatic rings. The number of ether oxygens (including phenoxy) is 1. The Bertz CT molecular complexity index is 1290. The van der Waals surface area contributed by atoms with Crippen molar-refractivity contribution in [3.63, 3.8) is 0 Å². The lowest BCUT2D eigenvalue weighted by Gasteiger charge is -2.09. The highest BCUT2D eigenvalue weighted by Crippen LogP contribution is 2.17. The molecule has 2 aromatic heterocycles. The predicted octanol–water partition coefficient (Wildman–Crippen LogP) is 2.71. The average Bonchev–Trinajstić information content (AvgIpc) is 3.07. The van der Waals surface area contributed by atoms with Crippen LogP contribution in [0.4, 0.5) is 0 Å². The summed E-state index contributed by atoms with van der Waals surface area (Å²) in [5, 5.41) is 0.594. The third-order valence-corrected chi connectivity index (χ3v) is 5.04. The highest BCUT2D eigenvalue weighted by atomic mass is 35.5. The maximum atomic E-state index is 13.1. The molecule has 0 unspecified atom stereocenters. The van der Waals surface area contributed by atoms with Crippen LogP contribution in [0.1, 0.15) is 11.1 Å². The number of rotatable bonds is 5. The molecule has 2 aromatic carbocycles. The monoisotopic (exact) mass is 410 g/mol. The zero-order valence-corrected chi connectivity index (χ0v) is 16.8. The molecule has 0 N–H and O–H groups in total. The number of benzene rings is 2. The van der Waals surface area contributed by atoms with Gasteiger partial charge in [-0.1, -0.05) is 54.1 Å². The van der Waals surface area contributed by atoms with Crippen molar-refractivity contribution in [3.8, 4) is 6.01 Å². The van der Waals surface area contributed by atoms with Crippen molar-refractivity contribution in [2.24, 2.45) is 14.1 Å². The van der Waals surface area contributed by atoms with Crippen LogP contribution in [0.5, 0.6) is 6.01 Å². The summed E-state index contributed by atoms with van der Waals surface area (Å²) in [7, 11) is 3.30. The Hall–Kier alpha value is -3.32. The van der Waals surface area contributed by atoms with E-state index < -0.39 is 11.2 Å². The third-order valence-electron chi connectivity index (χ3n) is 4.78. The number of imidazole rings is 1. The minimum atomic E-state index is -0.440. The van der Waals surface area contributed by atoms with Gasteiger partial charge in [-0.2, -0.15) is 4.98 Å². The molecule has 0 atom stereocenters. The van der Waals surface area contributed by atoms with Crippen molar-refractivity contribution in [3.05, 3.63) is 91.6 Å². The Morgan fingerprint density at radius 3 is 2.31 bits per heavy atom. The molecular weight excluding hydrogens is 392 g/mol. The molecule has 0 radical (unpaired) electrons. The summed E-state index contributed by atoms with van der Waals surface area (Å²) < 4.78 is 9.94. The van der Waals surface area contributed by atoms with E-state index in [1.165, 1.54) is 9.13 Å². The molecule has 0 aliphatic rings. The van der Waals surface area contributed by atoms with Crippen molar-refractivity contribution in [2.75, 3.05) is 0 Å². The first-order valence-electron chi connectivity index (χ1n) is 9.03. The highest BCUT2D eigenvalue weighted by molar-refractivity contribution is 6.30. The molecule has 7 nitrogen and oxygen atoms in total. The van der Waals surface area contributed by atoms with Gasteiger partial charge in [0.15, 0.2) is 11.2 Å². The van der Waals surface area contributed by atoms with Crippen molar-refractivity contribution in [1.82, 2.24) is 18.7 Å². The fourth-order valence-electron chi connectivity index (χ4n) is 3.19. The Balaban J connectivity index is 1.75. The maximum absolute atomic E-state index is 13.1. The number of aromatic nitrogens is 4. The number of fused-ring (bicyclic) bond motifs is 1. The van der Waals surface area contributed by atoms with Crippen LogP contribution in [0.3, 0.4) is 0 Å². The Labute approximate surface area is 171 Å². The lowest BCUT2D eigenvalue weighted by atomic mass is 10.2. The van der Waals surface area contributed by atoms with E-state index in [4.69, 9.17) is 16.3 Å². The number of hydrogen-bond acceptors (Lipinski definition) is 4. The summed E-state index contributed by atoms with van der Waals surface area (Å²) in [5.74, 6) is 0. The van der Waals surface area contributed by atoms with E-state index >= 15 is 0 Å². The first-order chi connectivity index (χ1) is 14.0. The zero-order valence-electron chi connectivity index (χ0n) is 16.0. The molecule has 8 heteroatoms. The molecule has 0 saturated carbocycles. The van der Waals surface area contributed by atoms with Crippen molar-refractivity contribution in [1.29, 1.82) is 0 Å². The predicted molar refractivity (Wildman–Crippen MR) is 112 cm³/mol. The maximum Gasteiger partial charge on any atom is 0.332 e. The standard InChI is InChI=1S/C21H19ClN4O3/c1-24-17-18(23-20(24)29-13-15-6-4-3-5-7-15)25(2)21(28)26(19(17)27)12-14-8-10-16(22)11-9-14/h3-11H,12-13H2,1-2H3. The van der Waals surface area contributed by atoms with E-state index in [-0.39, 0.29) is 18.2 Å². The van der Waals surface area contributed by atoms with Gasteiger partial charge in [0.05, 0.1) is 6.54 Å². The number of hydrogen-bond donors (Lipinski definition) is 0. The van der Waals surface area contributed by atoms with Crippen molar-refractivity contribution < 1.29 is 4.74 Å². The molecule has 0 aliphatic carbocycles. The normalized spacial score (nSPS) is 11.1. The summed E-state index contributed by atoms with van der Waals surface area (Å²) in [6.07, 6.45) is 0.